The van der Waals surface area contributed by atoms with Crippen LogP contribution in [0.3, 0.4) is 0 Å². The molecule has 42 heavy (non-hydrogen) atoms. The Hall–Kier alpha value is -3.74. The summed E-state index contributed by atoms with van der Waals surface area (Å²) in [6.07, 6.45) is 5.49. The van der Waals surface area contributed by atoms with Crippen molar-refractivity contribution in [3.05, 3.63) is 65.8 Å². The van der Waals surface area contributed by atoms with Gasteiger partial charge in [-0.1, -0.05) is 25.1 Å². The number of fused-ring (bicyclic) bond motifs is 1. The minimum absolute atomic E-state index is 0.0362. The summed E-state index contributed by atoms with van der Waals surface area (Å²) < 4.78 is 34.4. The van der Waals surface area contributed by atoms with Crippen molar-refractivity contribution in [1.82, 2.24) is 4.57 Å². The number of benzene rings is 2. The SMILES string of the molecule is C[C@@H](O)[C@H]1C(=O)C2C(C(=O)O)=C(CN3c4cccc5cc(CCn6cc[n+](CCO)c6)cc(c45)N(C)S3(=O)=O)[C@H](C)[C@@H]21. The van der Waals surface area contributed by atoms with E-state index < -0.39 is 34.1 Å². The first-order valence-electron chi connectivity index (χ1n) is 14.1. The van der Waals surface area contributed by atoms with Gasteiger partial charge in [0.25, 0.3) is 0 Å². The highest BCUT2D eigenvalue weighted by Gasteiger charge is 2.61. The molecule has 0 radical (unpaired) electrons. The molecule has 0 amide bonds. The van der Waals surface area contributed by atoms with Crippen LogP contribution in [0.15, 0.2) is 60.2 Å². The third-order valence-electron chi connectivity index (χ3n) is 9.27. The van der Waals surface area contributed by atoms with Gasteiger partial charge in [-0.05, 0) is 47.4 Å². The van der Waals surface area contributed by atoms with Crippen LogP contribution < -0.4 is 13.2 Å². The van der Waals surface area contributed by atoms with Crippen LogP contribution in [0.4, 0.5) is 11.4 Å². The van der Waals surface area contributed by atoms with Crippen molar-refractivity contribution in [1.29, 1.82) is 0 Å². The average Bonchev–Trinajstić information content (AvgIpc) is 3.48. The molecule has 1 fully saturated rings. The number of Topliss-reactive ketones (excluding diaryl/α,β-unsaturated/α-hetero) is 1. The number of hydrogen-bond donors (Lipinski definition) is 3. The molecule has 222 valence electrons. The molecule has 1 aliphatic heterocycles. The standard InChI is InChI=1S/C30H34N4O7S/c1-17-21(27(30(38)39)28-24(17)25(18(2)36)29(28)37)15-34-22-6-4-5-20-13-19(7-8-32-9-10-33(16-32)11-12-35)14-23(26(20)22)31(3)42(34,40)41/h4-6,9-10,13-14,16-18,24-25,28,35-36H,7-8,11-12,15H2,1-3H3/p+1/t17-,18+,24+,25+,28?/m0/s1. The molecule has 0 spiro atoms. The number of aromatic nitrogens is 2. The van der Waals surface area contributed by atoms with Crippen LogP contribution in [0.5, 0.6) is 0 Å². The lowest BCUT2D eigenvalue weighted by Gasteiger charge is -2.43. The molecule has 6 rings (SSSR count). The van der Waals surface area contributed by atoms with Gasteiger partial charge in [-0.2, -0.15) is 8.42 Å². The summed E-state index contributed by atoms with van der Waals surface area (Å²) in [6.45, 7) is 4.40. The number of anilines is 2. The molecule has 12 heteroatoms. The summed E-state index contributed by atoms with van der Waals surface area (Å²) in [5.74, 6) is -3.76. The Morgan fingerprint density at radius 2 is 1.95 bits per heavy atom. The molecule has 5 atom stereocenters. The van der Waals surface area contributed by atoms with Crippen molar-refractivity contribution < 1.29 is 37.9 Å². The Labute approximate surface area is 244 Å². The van der Waals surface area contributed by atoms with Gasteiger partial charge in [-0.15, -0.1) is 0 Å². The Morgan fingerprint density at radius 3 is 2.64 bits per heavy atom. The van der Waals surface area contributed by atoms with E-state index in [0.29, 0.717) is 36.5 Å². The molecule has 11 nitrogen and oxygen atoms in total. The fourth-order valence-electron chi connectivity index (χ4n) is 7.19. The van der Waals surface area contributed by atoms with Gasteiger partial charge in [0.1, 0.15) is 24.7 Å². The van der Waals surface area contributed by atoms with E-state index in [2.05, 4.69) is 0 Å². The summed E-state index contributed by atoms with van der Waals surface area (Å²) in [5.41, 5.74) is 2.35. The van der Waals surface area contributed by atoms with E-state index in [-0.39, 0.29) is 36.3 Å². The van der Waals surface area contributed by atoms with Crippen LogP contribution in [-0.4, -0.2) is 66.4 Å². The van der Waals surface area contributed by atoms with E-state index in [9.17, 15) is 28.2 Å². The Bertz CT molecular complexity index is 1750. The van der Waals surface area contributed by atoms with Crippen LogP contribution in [-0.2, 0) is 39.3 Å². The summed E-state index contributed by atoms with van der Waals surface area (Å²) in [4.78, 5) is 25.3. The number of nitrogens with zero attached hydrogens (tertiary/aromatic N) is 4. The Kier molecular flexibility index (Phi) is 6.90. The normalized spacial score (nSPS) is 25.1. The smallest absolute Gasteiger partial charge is 0.332 e. The lowest BCUT2D eigenvalue weighted by molar-refractivity contribution is -0.697. The Balaban J connectivity index is 1.37. The highest BCUT2D eigenvalue weighted by molar-refractivity contribution is 7.94. The molecule has 1 aromatic heterocycles. The van der Waals surface area contributed by atoms with Crippen LogP contribution in [0.1, 0.15) is 19.4 Å². The molecule has 2 aromatic carbocycles. The van der Waals surface area contributed by atoms with Gasteiger partial charge in [0, 0.05) is 30.3 Å². The van der Waals surface area contributed by atoms with Crippen LogP contribution >= 0.6 is 0 Å². The fraction of sp³-hybridized carbons (Fsp3) is 0.433. The van der Waals surface area contributed by atoms with E-state index in [0.717, 1.165) is 16.3 Å². The third kappa shape index (κ3) is 4.23. The fourth-order valence-corrected chi connectivity index (χ4v) is 8.58. The second-order valence-electron chi connectivity index (χ2n) is 11.6. The molecular formula is C30H35N4O7S+. The van der Waals surface area contributed by atoms with Crippen molar-refractivity contribution in [2.24, 2.45) is 23.7 Å². The number of imidazole rings is 1. The zero-order valence-electron chi connectivity index (χ0n) is 23.7. The zero-order chi connectivity index (χ0) is 30.1. The monoisotopic (exact) mass is 595 g/mol. The highest BCUT2D eigenvalue weighted by atomic mass is 32.2. The lowest BCUT2D eigenvalue weighted by Crippen LogP contribution is -2.53. The zero-order valence-corrected chi connectivity index (χ0v) is 24.5. The number of ketones is 1. The van der Waals surface area contributed by atoms with Crippen molar-refractivity contribution in [3.8, 4) is 0 Å². The maximum atomic E-state index is 14.0. The van der Waals surface area contributed by atoms with Crippen LogP contribution in [0.25, 0.3) is 10.8 Å². The molecule has 0 bridgehead atoms. The number of rotatable bonds is 9. The predicted molar refractivity (Wildman–Crippen MR) is 155 cm³/mol. The number of carboxylic acid groups (broad SMARTS) is 1. The molecule has 2 heterocycles. The van der Waals surface area contributed by atoms with Crippen molar-refractivity contribution in [2.75, 3.05) is 28.8 Å². The van der Waals surface area contributed by atoms with Gasteiger partial charge in [-0.3, -0.25) is 9.10 Å². The minimum atomic E-state index is -4.09. The van der Waals surface area contributed by atoms with Gasteiger partial charge in [-0.25, -0.2) is 18.2 Å². The summed E-state index contributed by atoms with van der Waals surface area (Å²) >= 11 is 0. The van der Waals surface area contributed by atoms with Crippen molar-refractivity contribution >= 4 is 44.1 Å². The van der Waals surface area contributed by atoms with Crippen LogP contribution in [0, 0.1) is 23.7 Å². The average molecular weight is 596 g/mol. The Morgan fingerprint density at radius 1 is 1.19 bits per heavy atom. The van der Waals surface area contributed by atoms with Gasteiger partial charge in [0.2, 0.25) is 6.33 Å². The number of carbonyl (C=O) groups is 2. The molecule has 1 unspecified atom stereocenters. The number of hydrogen-bond acceptors (Lipinski definition) is 6. The van der Waals surface area contributed by atoms with E-state index in [1.165, 1.54) is 22.6 Å². The predicted octanol–water partition coefficient (Wildman–Crippen LogP) is 1.51. The van der Waals surface area contributed by atoms with Gasteiger partial charge < -0.3 is 15.3 Å². The number of aliphatic hydroxyl groups is 2. The van der Waals surface area contributed by atoms with E-state index in [4.69, 9.17) is 5.11 Å². The van der Waals surface area contributed by atoms with Crippen LogP contribution in [0.2, 0.25) is 0 Å². The maximum absolute atomic E-state index is 14.0. The second kappa shape index (κ2) is 10.2. The van der Waals surface area contributed by atoms with Gasteiger partial charge in [0.05, 0.1) is 43.1 Å². The number of carboxylic acids is 1. The number of carbonyl (C=O) groups excluding carboxylic acids is 1. The highest BCUT2D eigenvalue weighted by Crippen LogP contribution is 2.56. The molecule has 0 saturated heterocycles. The van der Waals surface area contributed by atoms with Crippen molar-refractivity contribution in [2.45, 2.75) is 39.5 Å². The first-order valence-corrected chi connectivity index (χ1v) is 15.5. The number of aryl methyl sites for hydroxylation is 2. The maximum Gasteiger partial charge on any atom is 0.332 e. The van der Waals surface area contributed by atoms with E-state index in [1.54, 1.807) is 12.1 Å². The second-order valence-corrected chi connectivity index (χ2v) is 13.5. The third-order valence-corrected chi connectivity index (χ3v) is 11.0. The van der Waals surface area contributed by atoms with Gasteiger partial charge >= 0.3 is 16.2 Å². The molecule has 1 saturated carbocycles. The molecule has 3 aliphatic rings. The first-order chi connectivity index (χ1) is 19.9. The number of aliphatic carboxylic acids is 1. The first kappa shape index (κ1) is 28.4. The number of aliphatic hydroxyl groups excluding tert-OH is 2. The summed E-state index contributed by atoms with van der Waals surface area (Å²) in [7, 11) is -2.59. The largest absolute Gasteiger partial charge is 0.478 e. The quantitative estimate of drug-likeness (QED) is 0.318. The summed E-state index contributed by atoms with van der Waals surface area (Å²) in [5, 5.41) is 31.1. The molecule has 2 aliphatic carbocycles. The molecule has 3 N–H and O–H groups in total. The molecule has 3 aromatic rings. The van der Waals surface area contributed by atoms with E-state index in [1.807, 2.05) is 53.0 Å². The lowest BCUT2D eigenvalue weighted by atomic mass is 9.59. The molecular weight excluding hydrogens is 560 g/mol. The van der Waals surface area contributed by atoms with E-state index >= 15 is 0 Å². The van der Waals surface area contributed by atoms with Crippen molar-refractivity contribution in [3.63, 3.8) is 0 Å². The summed E-state index contributed by atoms with van der Waals surface area (Å²) in [6, 6.07) is 9.40. The minimum Gasteiger partial charge on any atom is -0.478 e. The van der Waals surface area contributed by atoms with Gasteiger partial charge in [0.15, 0.2) is 0 Å². The topological polar surface area (TPSA) is 144 Å².